The highest BCUT2D eigenvalue weighted by Gasteiger charge is 2.19. The number of hydrogen-bond acceptors (Lipinski definition) is 4. The number of nitrogens with one attached hydrogen (secondary N) is 1. The molecule has 1 N–H and O–H groups in total. The molecule has 1 aromatic heterocycles. The van der Waals surface area contributed by atoms with E-state index < -0.39 is 0 Å². The standard InChI is InChI=1S/C17H22N2O2S/c1-12-5-4-8-19(10-12)11-15-16(18-17(20)22-15)13-6-3-7-14(9-13)21-2/h3,6-7,9,12H,4-5,8,10-11H2,1-2H3,(H,18,20). The number of likely N-dealkylation sites (tertiary alicyclic amines) is 1. The zero-order valence-electron chi connectivity index (χ0n) is 13.1. The van der Waals surface area contributed by atoms with Gasteiger partial charge in [0, 0.05) is 23.5 Å². The van der Waals surface area contributed by atoms with Crippen LogP contribution in [0.5, 0.6) is 5.75 Å². The van der Waals surface area contributed by atoms with Gasteiger partial charge in [0.2, 0.25) is 0 Å². The highest BCUT2D eigenvalue weighted by atomic mass is 32.1. The van der Waals surface area contributed by atoms with E-state index in [1.807, 2.05) is 24.3 Å². The number of hydrogen-bond donors (Lipinski definition) is 1. The summed E-state index contributed by atoms with van der Waals surface area (Å²) in [5.41, 5.74) is 1.95. The van der Waals surface area contributed by atoms with Gasteiger partial charge in [-0.3, -0.25) is 9.69 Å². The van der Waals surface area contributed by atoms with Gasteiger partial charge in [0.15, 0.2) is 0 Å². The van der Waals surface area contributed by atoms with Gasteiger partial charge in [0.1, 0.15) is 5.75 Å². The molecular formula is C17H22N2O2S. The SMILES string of the molecule is COc1cccc(-c2[nH]c(=O)sc2CN2CCCC(C)C2)c1. The Hall–Kier alpha value is -1.59. The fourth-order valence-corrected chi connectivity index (χ4v) is 4.01. The van der Waals surface area contributed by atoms with Crippen molar-refractivity contribution in [1.82, 2.24) is 9.88 Å². The second kappa shape index (κ2) is 6.67. The normalized spacial score (nSPS) is 19.3. The van der Waals surface area contributed by atoms with Crippen molar-refractivity contribution in [3.63, 3.8) is 0 Å². The third-order valence-corrected chi connectivity index (χ3v) is 5.06. The van der Waals surface area contributed by atoms with Crippen molar-refractivity contribution >= 4 is 11.3 Å². The molecule has 0 spiro atoms. The van der Waals surface area contributed by atoms with Gasteiger partial charge in [-0.05, 0) is 37.4 Å². The van der Waals surface area contributed by atoms with Crippen molar-refractivity contribution < 1.29 is 4.74 Å². The van der Waals surface area contributed by atoms with Gasteiger partial charge >= 0.3 is 4.87 Å². The smallest absolute Gasteiger partial charge is 0.305 e. The highest BCUT2D eigenvalue weighted by Crippen LogP contribution is 2.28. The van der Waals surface area contributed by atoms with Crippen LogP contribution >= 0.6 is 11.3 Å². The maximum absolute atomic E-state index is 11.9. The summed E-state index contributed by atoms with van der Waals surface area (Å²) in [4.78, 5) is 18.4. The zero-order chi connectivity index (χ0) is 15.5. The first-order chi connectivity index (χ1) is 10.7. The summed E-state index contributed by atoms with van der Waals surface area (Å²) in [7, 11) is 1.66. The lowest BCUT2D eigenvalue weighted by molar-refractivity contribution is 0.178. The Morgan fingerprint density at radius 2 is 2.32 bits per heavy atom. The molecule has 1 aliphatic heterocycles. The number of methoxy groups -OCH3 is 1. The Labute approximate surface area is 134 Å². The molecule has 0 bridgehead atoms. The molecule has 1 atom stereocenters. The molecule has 3 rings (SSSR count). The van der Waals surface area contributed by atoms with Crippen LogP contribution < -0.4 is 9.61 Å². The zero-order valence-corrected chi connectivity index (χ0v) is 13.9. The summed E-state index contributed by atoms with van der Waals surface area (Å²) in [6.45, 7) is 5.38. The summed E-state index contributed by atoms with van der Waals surface area (Å²) in [5.74, 6) is 1.55. The molecule has 5 heteroatoms. The molecule has 0 radical (unpaired) electrons. The lowest BCUT2D eigenvalue weighted by Gasteiger charge is -2.30. The lowest BCUT2D eigenvalue weighted by atomic mass is 10.00. The molecule has 0 saturated carbocycles. The Bertz CT molecular complexity index is 692. The van der Waals surface area contributed by atoms with Gasteiger partial charge in [-0.1, -0.05) is 30.4 Å². The molecule has 22 heavy (non-hydrogen) atoms. The van der Waals surface area contributed by atoms with Gasteiger partial charge < -0.3 is 9.72 Å². The largest absolute Gasteiger partial charge is 0.497 e. The van der Waals surface area contributed by atoms with E-state index in [-0.39, 0.29) is 4.87 Å². The van der Waals surface area contributed by atoms with Crippen LogP contribution in [-0.2, 0) is 6.54 Å². The van der Waals surface area contributed by atoms with Crippen LogP contribution in [0.3, 0.4) is 0 Å². The van der Waals surface area contributed by atoms with E-state index in [2.05, 4.69) is 16.8 Å². The fraction of sp³-hybridized carbons (Fsp3) is 0.471. The molecule has 4 nitrogen and oxygen atoms in total. The van der Waals surface area contributed by atoms with Crippen molar-refractivity contribution in [2.24, 2.45) is 5.92 Å². The molecular weight excluding hydrogens is 296 g/mol. The van der Waals surface area contributed by atoms with E-state index in [9.17, 15) is 4.79 Å². The van der Waals surface area contributed by atoms with Crippen molar-refractivity contribution in [3.05, 3.63) is 38.8 Å². The molecule has 1 unspecified atom stereocenters. The number of H-pyrrole nitrogens is 1. The van der Waals surface area contributed by atoms with E-state index in [1.54, 1.807) is 7.11 Å². The quantitative estimate of drug-likeness (QED) is 0.940. The van der Waals surface area contributed by atoms with Crippen LogP contribution in [0.15, 0.2) is 29.1 Å². The van der Waals surface area contributed by atoms with Gasteiger partial charge in [0.05, 0.1) is 12.8 Å². The van der Waals surface area contributed by atoms with Crippen LogP contribution in [0, 0.1) is 5.92 Å². The predicted octanol–water partition coefficient (Wildman–Crippen LogP) is 3.34. The molecule has 1 fully saturated rings. The Kier molecular flexibility index (Phi) is 4.64. The molecule has 1 aliphatic rings. The number of aromatic amines is 1. The van der Waals surface area contributed by atoms with Gasteiger partial charge in [-0.15, -0.1) is 0 Å². The average Bonchev–Trinajstić information content (AvgIpc) is 2.88. The predicted molar refractivity (Wildman–Crippen MR) is 90.6 cm³/mol. The molecule has 118 valence electrons. The monoisotopic (exact) mass is 318 g/mol. The summed E-state index contributed by atoms with van der Waals surface area (Å²) in [5, 5.41) is 0. The van der Waals surface area contributed by atoms with Crippen molar-refractivity contribution in [1.29, 1.82) is 0 Å². The van der Waals surface area contributed by atoms with Crippen LogP contribution in [0.25, 0.3) is 11.3 Å². The van der Waals surface area contributed by atoms with E-state index in [0.717, 1.165) is 47.4 Å². The van der Waals surface area contributed by atoms with Gasteiger partial charge in [0.25, 0.3) is 0 Å². The first kappa shape index (κ1) is 15.3. The minimum atomic E-state index is 0.0119. The number of piperidine rings is 1. The summed E-state index contributed by atoms with van der Waals surface area (Å²) in [6, 6.07) is 7.86. The van der Waals surface area contributed by atoms with E-state index in [4.69, 9.17) is 4.74 Å². The topological polar surface area (TPSA) is 45.3 Å². The Balaban J connectivity index is 1.87. The fourth-order valence-electron chi connectivity index (χ4n) is 3.12. The third-order valence-electron chi connectivity index (χ3n) is 4.19. The molecule has 0 aliphatic carbocycles. The minimum absolute atomic E-state index is 0.0119. The second-order valence-electron chi connectivity index (χ2n) is 6.03. The summed E-state index contributed by atoms with van der Waals surface area (Å²) < 4.78 is 5.29. The first-order valence-corrected chi connectivity index (χ1v) is 8.56. The number of aromatic nitrogens is 1. The molecule has 2 aromatic rings. The van der Waals surface area contributed by atoms with E-state index in [1.165, 1.54) is 24.2 Å². The number of nitrogens with zero attached hydrogens (tertiary/aromatic N) is 1. The van der Waals surface area contributed by atoms with Gasteiger partial charge in [-0.2, -0.15) is 0 Å². The van der Waals surface area contributed by atoms with Gasteiger partial charge in [-0.25, -0.2) is 0 Å². The van der Waals surface area contributed by atoms with Crippen molar-refractivity contribution in [2.45, 2.75) is 26.3 Å². The summed E-state index contributed by atoms with van der Waals surface area (Å²) >= 11 is 1.32. The average molecular weight is 318 g/mol. The number of thiazole rings is 1. The maximum Gasteiger partial charge on any atom is 0.305 e. The second-order valence-corrected chi connectivity index (χ2v) is 7.09. The summed E-state index contributed by atoms with van der Waals surface area (Å²) in [6.07, 6.45) is 2.55. The minimum Gasteiger partial charge on any atom is -0.497 e. The molecule has 2 heterocycles. The van der Waals surface area contributed by atoms with E-state index in [0.29, 0.717) is 0 Å². The number of rotatable bonds is 4. The lowest BCUT2D eigenvalue weighted by Crippen LogP contribution is -2.33. The van der Waals surface area contributed by atoms with Crippen LogP contribution in [0.4, 0.5) is 0 Å². The van der Waals surface area contributed by atoms with Crippen molar-refractivity contribution in [2.75, 3.05) is 20.2 Å². The number of benzene rings is 1. The first-order valence-electron chi connectivity index (χ1n) is 7.74. The molecule has 1 aromatic carbocycles. The third kappa shape index (κ3) is 3.42. The number of ether oxygens (including phenoxy) is 1. The van der Waals surface area contributed by atoms with Crippen LogP contribution in [-0.4, -0.2) is 30.1 Å². The molecule has 0 amide bonds. The molecule has 1 saturated heterocycles. The van der Waals surface area contributed by atoms with Crippen molar-refractivity contribution in [3.8, 4) is 17.0 Å². The van der Waals surface area contributed by atoms with E-state index >= 15 is 0 Å². The maximum atomic E-state index is 11.9. The Morgan fingerprint density at radius 1 is 1.45 bits per heavy atom. The Morgan fingerprint density at radius 3 is 3.09 bits per heavy atom. The van der Waals surface area contributed by atoms with Crippen LogP contribution in [0.2, 0.25) is 0 Å². The highest BCUT2D eigenvalue weighted by molar-refractivity contribution is 7.09. The van der Waals surface area contributed by atoms with Crippen LogP contribution in [0.1, 0.15) is 24.6 Å².